The number of aromatic nitrogens is 2. The molecule has 3 fully saturated rings. The van der Waals surface area contributed by atoms with E-state index in [1.54, 1.807) is 0 Å². The molecule has 0 radical (unpaired) electrons. The average Bonchev–Trinajstić information content (AvgIpc) is 3.23. The lowest BCUT2D eigenvalue weighted by atomic mass is 9.47. The van der Waals surface area contributed by atoms with Gasteiger partial charge in [-0.05, 0) is 74.7 Å². The average molecular weight is 352 g/mol. The van der Waals surface area contributed by atoms with Gasteiger partial charge in [-0.25, -0.2) is 4.98 Å². The van der Waals surface area contributed by atoms with Crippen molar-refractivity contribution in [1.29, 1.82) is 0 Å². The molecule has 1 heterocycles. The number of imidazole rings is 1. The van der Waals surface area contributed by atoms with Gasteiger partial charge in [-0.2, -0.15) is 0 Å². The molecule has 1 unspecified atom stereocenters. The smallest absolute Gasteiger partial charge is 0.163 e. The third-order valence-electron chi connectivity index (χ3n) is 8.53. The molecule has 0 spiro atoms. The molecule has 0 bridgehead atoms. The maximum atomic E-state index is 13.0. The van der Waals surface area contributed by atoms with Gasteiger partial charge in [0, 0.05) is 18.4 Å². The Labute approximate surface area is 155 Å². The van der Waals surface area contributed by atoms with Crippen molar-refractivity contribution in [3.8, 4) is 0 Å². The maximum absolute atomic E-state index is 13.0. The van der Waals surface area contributed by atoms with Gasteiger partial charge < -0.3 is 4.57 Å². The van der Waals surface area contributed by atoms with E-state index in [1.807, 2.05) is 18.6 Å². The van der Waals surface area contributed by atoms with E-state index in [4.69, 9.17) is 0 Å². The zero-order valence-corrected chi connectivity index (χ0v) is 15.8. The lowest BCUT2D eigenvalue weighted by Gasteiger charge is -2.56. The molecule has 4 aliphatic rings. The minimum Gasteiger partial charge on any atom is -0.334 e. The van der Waals surface area contributed by atoms with E-state index < -0.39 is 0 Å². The second-order valence-electron chi connectivity index (χ2n) is 9.65. The van der Waals surface area contributed by atoms with Crippen molar-refractivity contribution >= 4 is 11.6 Å². The van der Waals surface area contributed by atoms with Crippen molar-refractivity contribution in [2.45, 2.75) is 64.8 Å². The van der Waals surface area contributed by atoms with Gasteiger partial charge in [0.15, 0.2) is 11.6 Å². The number of ketones is 2. The summed E-state index contributed by atoms with van der Waals surface area (Å²) in [5.74, 6) is 1.91. The lowest BCUT2D eigenvalue weighted by Crippen LogP contribution is -2.52. The van der Waals surface area contributed by atoms with Crippen LogP contribution in [0.1, 0.15) is 64.8 Å². The van der Waals surface area contributed by atoms with Crippen LogP contribution in [0.5, 0.6) is 0 Å². The Morgan fingerprint density at radius 1 is 1.19 bits per heavy atom. The van der Waals surface area contributed by atoms with E-state index in [-0.39, 0.29) is 23.4 Å². The van der Waals surface area contributed by atoms with Gasteiger partial charge >= 0.3 is 0 Å². The summed E-state index contributed by atoms with van der Waals surface area (Å²) in [6.07, 6.45) is 14.7. The van der Waals surface area contributed by atoms with Gasteiger partial charge in [0.2, 0.25) is 0 Å². The van der Waals surface area contributed by atoms with Crippen LogP contribution in [0, 0.1) is 28.6 Å². The van der Waals surface area contributed by atoms with Crippen LogP contribution < -0.4 is 0 Å². The van der Waals surface area contributed by atoms with E-state index in [0.29, 0.717) is 29.2 Å². The SMILES string of the molecule is C[C@]12CC[C@@H]3[C@@H](CCC4=CC(=O)CC(=O)[C@@]43C)[C@@H]1CC(n1ccnc1)C2. The number of carbonyl (C=O) groups is 2. The van der Waals surface area contributed by atoms with Gasteiger partial charge in [0.25, 0.3) is 0 Å². The Morgan fingerprint density at radius 2 is 2.04 bits per heavy atom. The monoisotopic (exact) mass is 352 g/mol. The third kappa shape index (κ3) is 2.10. The first-order chi connectivity index (χ1) is 12.4. The number of Topliss-reactive ketones (excluding diaryl/α,β-unsaturated/α-hetero) is 1. The first kappa shape index (κ1) is 16.5. The van der Waals surface area contributed by atoms with Crippen LogP contribution in [0.25, 0.3) is 0 Å². The fourth-order valence-electron chi connectivity index (χ4n) is 7.16. The first-order valence-electron chi connectivity index (χ1n) is 10.2. The van der Waals surface area contributed by atoms with Crippen LogP contribution in [0.2, 0.25) is 0 Å². The number of hydrogen-bond acceptors (Lipinski definition) is 3. The molecule has 26 heavy (non-hydrogen) atoms. The number of fused-ring (bicyclic) bond motifs is 5. The molecular formula is C22H28N2O2. The summed E-state index contributed by atoms with van der Waals surface area (Å²) < 4.78 is 2.29. The first-order valence-corrected chi connectivity index (χ1v) is 10.2. The molecular weight excluding hydrogens is 324 g/mol. The number of hydrogen-bond donors (Lipinski definition) is 0. The maximum Gasteiger partial charge on any atom is 0.163 e. The van der Waals surface area contributed by atoms with Gasteiger partial charge in [-0.1, -0.05) is 12.5 Å². The summed E-state index contributed by atoms with van der Waals surface area (Å²) in [5.41, 5.74) is 1.12. The third-order valence-corrected chi connectivity index (χ3v) is 8.53. The van der Waals surface area contributed by atoms with Crippen molar-refractivity contribution in [2.24, 2.45) is 28.6 Å². The van der Waals surface area contributed by atoms with Crippen LogP contribution >= 0.6 is 0 Å². The zero-order chi connectivity index (χ0) is 18.1. The molecule has 1 aromatic rings. The van der Waals surface area contributed by atoms with Crippen LogP contribution in [0.4, 0.5) is 0 Å². The van der Waals surface area contributed by atoms with E-state index in [9.17, 15) is 9.59 Å². The van der Waals surface area contributed by atoms with E-state index in [2.05, 4.69) is 29.6 Å². The highest BCUT2D eigenvalue weighted by Gasteiger charge is 2.60. The normalized spacial score (nSPS) is 44.9. The Hall–Kier alpha value is -1.71. The molecule has 4 heteroatoms. The molecule has 0 aliphatic heterocycles. The Morgan fingerprint density at radius 3 is 2.81 bits per heavy atom. The Balaban J connectivity index is 1.49. The molecule has 5 rings (SSSR count). The number of rotatable bonds is 1. The fourth-order valence-corrected chi connectivity index (χ4v) is 7.16. The second kappa shape index (κ2) is 5.40. The van der Waals surface area contributed by atoms with Crippen molar-refractivity contribution < 1.29 is 9.59 Å². The second-order valence-corrected chi connectivity index (χ2v) is 9.65. The van der Waals surface area contributed by atoms with E-state index >= 15 is 0 Å². The summed E-state index contributed by atoms with van der Waals surface area (Å²) in [6, 6.07) is 0.541. The van der Waals surface area contributed by atoms with Crippen molar-refractivity contribution in [3.63, 3.8) is 0 Å². The quantitative estimate of drug-likeness (QED) is 0.714. The summed E-state index contributed by atoms with van der Waals surface area (Å²) in [5, 5.41) is 0. The minimum absolute atomic E-state index is 0.0163. The van der Waals surface area contributed by atoms with Crippen LogP contribution in [-0.4, -0.2) is 21.1 Å². The standard InChI is InChI=1S/C22H28N2O2/c1-21-6-5-18-17(19(21)10-15(12-21)24-8-7-23-13-24)4-3-14-9-16(25)11-20(26)22(14,18)2/h7-9,13,15,17-19H,3-6,10-12H2,1-2H3/t15?,17-,18-,19+,21-,22+/m1/s1. The fraction of sp³-hybridized carbons (Fsp3) is 0.682. The molecule has 1 aromatic heterocycles. The van der Waals surface area contributed by atoms with Gasteiger partial charge in [-0.3, -0.25) is 9.59 Å². The van der Waals surface area contributed by atoms with E-state index in [1.165, 1.54) is 19.3 Å². The highest BCUT2D eigenvalue weighted by atomic mass is 16.1. The molecule has 3 saturated carbocycles. The molecule has 4 nitrogen and oxygen atoms in total. The molecule has 0 saturated heterocycles. The Kier molecular flexibility index (Phi) is 3.42. The largest absolute Gasteiger partial charge is 0.334 e. The van der Waals surface area contributed by atoms with Gasteiger partial charge in [0.05, 0.1) is 18.2 Å². The van der Waals surface area contributed by atoms with Gasteiger partial charge in [0.1, 0.15) is 0 Å². The highest BCUT2D eigenvalue weighted by molar-refractivity contribution is 6.11. The summed E-state index contributed by atoms with van der Waals surface area (Å²) in [6.45, 7) is 4.63. The predicted molar refractivity (Wildman–Crippen MR) is 98.4 cm³/mol. The number of nitrogens with zero attached hydrogens (tertiary/aromatic N) is 2. The molecule has 4 aliphatic carbocycles. The van der Waals surface area contributed by atoms with E-state index in [0.717, 1.165) is 24.8 Å². The molecule has 0 aromatic carbocycles. The summed E-state index contributed by atoms with van der Waals surface area (Å²) in [4.78, 5) is 29.1. The molecule has 138 valence electrons. The topological polar surface area (TPSA) is 52.0 Å². The molecule has 0 amide bonds. The lowest BCUT2D eigenvalue weighted by molar-refractivity contribution is -0.139. The highest BCUT2D eigenvalue weighted by Crippen LogP contribution is 2.66. The zero-order valence-electron chi connectivity index (χ0n) is 15.8. The number of carbonyl (C=O) groups excluding carboxylic acids is 2. The summed E-state index contributed by atoms with van der Waals surface area (Å²) >= 11 is 0. The van der Waals surface area contributed by atoms with Crippen molar-refractivity contribution in [2.75, 3.05) is 0 Å². The predicted octanol–water partition coefficient (Wildman–Crippen LogP) is 4.14. The number of allylic oxidation sites excluding steroid dienone is 1. The van der Waals surface area contributed by atoms with Crippen molar-refractivity contribution in [1.82, 2.24) is 9.55 Å². The van der Waals surface area contributed by atoms with Crippen molar-refractivity contribution in [3.05, 3.63) is 30.4 Å². The molecule has 6 atom stereocenters. The van der Waals surface area contributed by atoms with Crippen LogP contribution in [0.15, 0.2) is 30.4 Å². The van der Waals surface area contributed by atoms with Crippen LogP contribution in [-0.2, 0) is 9.59 Å². The summed E-state index contributed by atoms with van der Waals surface area (Å²) in [7, 11) is 0. The Bertz CT molecular complexity index is 795. The van der Waals surface area contributed by atoms with Crippen LogP contribution in [0.3, 0.4) is 0 Å². The minimum atomic E-state index is -0.384. The van der Waals surface area contributed by atoms with Gasteiger partial charge in [-0.15, -0.1) is 0 Å². The molecule has 0 N–H and O–H groups in total.